The first kappa shape index (κ1) is 22.6. The number of hydrogen-bond donors (Lipinski definition) is 0. The van der Waals surface area contributed by atoms with Gasteiger partial charge in [0, 0.05) is 23.9 Å². The summed E-state index contributed by atoms with van der Waals surface area (Å²) in [6, 6.07) is 34.6. The highest BCUT2D eigenvalue weighted by molar-refractivity contribution is 6.35. The molecule has 0 spiro atoms. The van der Waals surface area contributed by atoms with Crippen LogP contribution in [-0.2, 0) is 11.3 Å². The van der Waals surface area contributed by atoms with Crippen molar-refractivity contribution < 1.29 is 14.0 Å². The van der Waals surface area contributed by atoms with Gasteiger partial charge in [0.1, 0.15) is 11.5 Å². The summed E-state index contributed by atoms with van der Waals surface area (Å²) in [6.45, 7) is 0.323. The van der Waals surface area contributed by atoms with Crippen molar-refractivity contribution in [1.29, 1.82) is 0 Å². The molecule has 4 heteroatoms. The predicted octanol–water partition coefficient (Wildman–Crippen LogP) is 7.70. The molecule has 0 atom stereocenters. The Morgan fingerprint density at radius 2 is 1.27 bits per heavy atom. The molecular formula is C33H22FNO2. The molecule has 6 aromatic rings. The topological polar surface area (TPSA) is 39.1 Å². The Kier molecular flexibility index (Phi) is 5.70. The van der Waals surface area contributed by atoms with Crippen LogP contribution in [0.1, 0.15) is 16.1 Å². The molecule has 5 aromatic carbocycles. The average molecular weight is 484 g/mol. The van der Waals surface area contributed by atoms with Crippen molar-refractivity contribution >= 4 is 33.6 Å². The number of rotatable bonds is 6. The summed E-state index contributed by atoms with van der Waals surface area (Å²) < 4.78 is 15.4. The molecular weight excluding hydrogens is 461 g/mol. The Morgan fingerprint density at radius 3 is 1.89 bits per heavy atom. The maximum Gasteiger partial charge on any atom is 0.242 e. The highest BCUT2D eigenvalue weighted by Gasteiger charge is 2.24. The van der Waals surface area contributed by atoms with Crippen molar-refractivity contribution in [3.8, 4) is 22.3 Å². The first-order chi connectivity index (χ1) is 18.1. The van der Waals surface area contributed by atoms with E-state index in [1.807, 2.05) is 60.8 Å². The Hall–Kier alpha value is -4.83. The van der Waals surface area contributed by atoms with Crippen LogP contribution in [0.15, 0.2) is 115 Å². The molecule has 3 nitrogen and oxygen atoms in total. The third-order valence-electron chi connectivity index (χ3n) is 6.78. The molecule has 37 heavy (non-hydrogen) atoms. The maximum atomic E-state index is 13.5. The summed E-state index contributed by atoms with van der Waals surface area (Å²) in [7, 11) is 0. The minimum Gasteiger partial charge on any atom is -0.339 e. The lowest BCUT2D eigenvalue weighted by Gasteiger charge is -2.11. The lowest BCUT2D eigenvalue weighted by Crippen LogP contribution is -2.11. The molecule has 0 bridgehead atoms. The van der Waals surface area contributed by atoms with E-state index in [2.05, 4.69) is 30.3 Å². The van der Waals surface area contributed by atoms with E-state index in [4.69, 9.17) is 0 Å². The second-order valence-corrected chi connectivity index (χ2v) is 9.13. The second-order valence-electron chi connectivity index (χ2n) is 9.13. The second kappa shape index (κ2) is 9.32. The zero-order chi connectivity index (χ0) is 25.4. The largest absolute Gasteiger partial charge is 0.339 e. The third-order valence-corrected chi connectivity index (χ3v) is 6.78. The molecule has 6 rings (SSSR count). The van der Waals surface area contributed by atoms with E-state index in [9.17, 15) is 14.0 Å². The number of Topliss-reactive ketones (excluding diaryl/α,β-unsaturated/α-hetero) is 1. The normalized spacial score (nSPS) is 11.2. The van der Waals surface area contributed by atoms with Crippen molar-refractivity contribution in [3.63, 3.8) is 0 Å². The van der Waals surface area contributed by atoms with Gasteiger partial charge in [-0.3, -0.25) is 9.59 Å². The highest BCUT2D eigenvalue weighted by atomic mass is 19.1. The van der Waals surface area contributed by atoms with Gasteiger partial charge in [0.2, 0.25) is 5.78 Å². The molecule has 0 aliphatic heterocycles. The van der Waals surface area contributed by atoms with Crippen LogP contribution >= 0.6 is 0 Å². The van der Waals surface area contributed by atoms with Gasteiger partial charge < -0.3 is 4.57 Å². The van der Waals surface area contributed by atoms with Gasteiger partial charge >= 0.3 is 0 Å². The molecule has 0 amide bonds. The first-order valence-corrected chi connectivity index (χ1v) is 12.1. The Labute approximate surface area is 213 Å². The number of carbonyl (C=O) groups is 2. The van der Waals surface area contributed by atoms with E-state index < -0.39 is 5.78 Å². The van der Waals surface area contributed by atoms with E-state index in [0.29, 0.717) is 24.1 Å². The standard InChI is InChI=1S/C33H22FNO2/c34-29-15-9-22(10-16-29)19-35-20-30(27-13-11-23-5-1-3-7-25(23)17-27)32(33(35)31(37)21-36)28-14-12-24-6-2-4-8-26(24)18-28/h1-18,20-21H,19H2. The van der Waals surface area contributed by atoms with Gasteiger partial charge in [-0.15, -0.1) is 0 Å². The maximum absolute atomic E-state index is 13.5. The van der Waals surface area contributed by atoms with Crippen LogP contribution in [0.4, 0.5) is 4.39 Å². The SMILES string of the molecule is O=CC(=O)c1c(-c2ccc3ccccc3c2)c(-c2ccc3ccccc3c2)cn1Cc1ccc(F)cc1. The summed E-state index contributed by atoms with van der Waals surface area (Å²) in [4.78, 5) is 25.0. The summed E-state index contributed by atoms with van der Waals surface area (Å²) >= 11 is 0. The van der Waals surface area contributed by atoms with Crippen molar-refractivity contribution in [3.05, 3.63) is 132 Å². The van der Waals surface area contributed by atoms with Gasteiger partial charge in [-0.1, -0.05) is 84.9 Å². The van der Waals surface area contributed by atoms with Crippen LogP contribution in [0.5, 0.6) is 0 Å². The first-order valence-electron chi connectivity index (χ1n) is 12.1. The van der Waals surface area contributed by atoms with E-state index in [1.54, 1.807) is 16.7 Å². The van der Waals surface area contributed by atoms with E-state index in [-0.39, 0.29) is 5.82 Å². The number of nitrogens with zero attached hydrogens (tertiary/aromatic N) is 1. The van der Waals surface area contributed by atoms with Gasteiger partial charge in [0.25, 0.3) is 0 Å². The Balaban J connectivity index is 1.62. The van der Waals surface area contributed by atoms with Crippen LogP contribution in [0.2, 0.25) is 0 Å². The lowest BCUT2D eigenvalue weighted by atomic mass is 9.93. The van der Waals surface area contributed by atoms with Crippen molar-refractivity contribution in [2.75, 3.05) is 0 Å². The quantitative estimate of drug-likeness (QED) is 0.138. The van der Waals surface area contributed by atoms with Crippen LogP contribution in [0, 0.1) is 5.82 Å². The zero-order valence-electron chi connectivity index (χ0n) is 19.9. The van der Waals surface area contributed by atoms with Crippen molar-refractivity contribution in [2.45, 2.75) is 6.54 Å². The van der Waals surface area contributed by atoms with Gasteiger partial charge in [-0.25, -0.2) is 4.39 Å². The number of hydrogen-bond acceptors (Lipinski definition) is 2. The van der Waals surface area contributed by atoms with Crippen LogP contribution < -0.4 is 0 Å². The van der Waals surface area contributed by atoms with E-state index >= 15 is 0 Å². The number of carbonyl (C=O) groups excluding carboxylic acids is 2. The molecule has 0 saturated heterocycles. The summed E-state index contributed by atoms with van der Waals surface area (Å²) in [6.07, 6.45) is 2.29. The number of aldehydes is 1. The molecule has 1 heterocycles. The minimum atomic E-state index is -0.600. The van der Waals surface area contributed by atoms with Gasteiger partial charge in [0.05, 0.1) is 0 Å². The van der Waals surface area contributed by atoms with Crippen molar-refractivity contribution in [1.82, 2.24) is 4.57 Å². The lowest BCUT2D eigenvalue weighted by molar-refractivity contribution is -0.104. The van der Waals surface area contributed by atoms with Gasteiger partial charge in [0.15, 0.2) is 6.29 Å². The molecule has 178 valence electrons. The molecule has 0 aliphatic rings. The van der Waals surface area contributed by atoms with Crippen LogP contribution in [0.3, 0.4) is 0 Å². The van der Waals surface area contributed by atoms with Gasteiger partial charge in [-0.2, -0.15) is 0 Å². The fourth-order valence-electron chi connectivity index (χ4n) is 5.00. The Bertz CT molecular complexity index is 1800. The van der Waals surface area contributed by atoms with E-state index in [1.165, 1.54) is 12.1 Å². The molecule has 0 unspecified atom stereocenters. The molecule has 0 N–H and O–H groups in total. The molecule has 0 radical (unpaired) electrons. The summed E-state index contributed by atoms with van der Waals surface area (Å²) in [5.74, 6) is -0.925. The minimum absolute atomic E-state index is 0.317. The molecule has 1 aromatic heterocycles. The number of aromatic nitrogens is 1. The smallest absolute Gasteiger partial charge is 0.242 e. The molecule has 0 fully saturated rings. The van der Waals surface area contributed by atoms with Crippen molar-refractivity contribution in [2.24, 2.45) is 0 Å². The highest BCUT2D eigenvalue weighted by Crippen LogP contribution is 2.39. The Morgan fingerprint density at radius 1 is 0.703 bits per heavy atom. The van der Waals surface area contributed by atoms with Crippen LogP contribution in [0.25, 0.3) is 43.8 Å². The van der Waals surface area contributed by atoms with E-state index in [0.717, 1.165) is 43.8 Å². The number of ketones is 1. The number of halogens is 1. The van der Waals surface area contributed by atoms with Crippen LogP contribution in [-0.4, -0.2) is 16.6 Å². The van der Waals surface area contributed by atoms with Gasteiger partial charge in [-0.05, 0) is 62.5 Å². The molecule has 0 saturated carbocycles. The third kappa shape index (κ3) is 4.23. The monoisotopic (exact) mass is 483 g/mol. The predicted molar refractivity (Wildman–Crippen MR) is 146 cm³/mol. The summed E-state index contributed by atoms with van der Waals surface area (Å²) in [5.41, 5.74) is 4.50. The number of benzene rings is 5. The fraction of sp³-hybridized carbons (Fsp3) is 0.0303. The number of fused-ring (bicyclic) bond motifs is 2. The molecule has 0 aliphatic carbocycles. The average Bonchev–Trinajstić information content (AvgIpc) is 3.32. The zero-order valence-corrected chi connectivity index (χ0v) is 19.9. The summed E-state index contributed by atoms with van der Waals surface area (Å²) in [5, 5.41) is 4.33. The fourth-order valence-corrected chi connectivity index (χ4v) is 5.00.